The molecule has 3 heterocycles. The van der Waals surface area contributed by atoms with Gasteiger partial charge in [0.2, 0.25) is 0 Å². The molecule has 0 bridgehead atoms. The summed E-state index contributed by atoms with van der Waals surface area (Å²) in [5.74, 6) is 2.47. The molecular weight excluding hydrogens is 576 g/mol. The van der Waals surface area contributed by atoms with E-state index in [0.717, 1.165) is 65.3 Å². The van der Waals surface area contributed by atoms with Crippen molar-refractivity contribution >= 4 is 21.8 Å². The highest BCUT2D eigenvalue weighted by atomic mass is 16.5. The van der Waals surface area contributed by atoms with E-state index in [2.05, 4.69) is 136 Å². The molecule has 0 amide bonds. The third-order valence-electron chi connectivity index (χ3n) is 9.05. The van der Waals surface area contributed by atoms with E-state index in [4.69, 9.17) is 14.8 Å². The summed E-state index contributed by atoms with van der Waals surface area (Å²) in [6, 6.07) is 32.1. The number of pyridine rings is 1. The quantitative estimate of drug-likeness (QED) is 0.162. The first kappa shape index (κ1) is 30.5. The minimum atomic E-state index is 0.780. The molecule has 0 aliphatic carbocycles. The lowest BCUT2D eigenvalue weighted by Gasteiger charge is -2.15. The summed E-state index contributed by atoms with van der Waals surface area (Å²) >= 11 is 0. The summed E-state index contributed by atoms with van der Waals surface area (Å²) in [5.41, 5.74) is 13.2. The zero-order valence-corrected chi connectivity index (χ0v) is 28.3. The highest BCUT2D eigenvalue weighted by Crippen LogP contribution is 2.38. The fourth-order valence-electron chi connectivity index (χ4n) is 7.04. The average Bonchev–Trinajstić information content (AvgIpc) is 3.56. The zero-order valence-electron chi connectivity index (χ0n) is 28.3. The number of hydrogen-bond acceptors (Lipinski definition) is 3. The van der Waals surface area contributed by atoms with Gasteiger partial charge in [-0.05, 0) is 111 Å². The summed E-state index contributed by atoms with van der Waals surface area (Å²) in [6.45, 7) is 13.1. The first-order valence-electron chi connectivity index (χ1n) is 16.8. The van der Waals surface area contributed by atoms with E-state index in [9.17, 15) is 0 Å². The van der Waals surface area contributed by atoms with Gasteiger partial charge in [0.05, 0.1) is 28.1 Å². The van der Waals surface area contributed by atoms with Gasteiger partial charge in [0.15, 0.2) is 0 Å². The van der Waals surface area contributed by atoms with Crippen LogP contribution >= 0.6 is 0 Å². The number of aromatic nitrogens is 4. The fourth-order valence-corrected chi connectivity index (χ4v) is 7.04. The van der Waals surface area contributed by atoms with Crippen molar-refractivity contribution in [2.24, 2.45) is 0 Å². The van der Waals surface area contributed by atoms with E-state index in [-0.39, 0.29) is 0 Å². The molecule has 0 radical (unpaired) electrons. The van der Waals surface area contributed by atoms with Crippen molar-refractivity contribution < 1.29 is 4.74 Å². The van der Waals surface area contributed by atoms with Gasteiger partial charge in [0.1, 0.15) is 17.3 Å². The number of nitrogens with zero attached hydrogens (tertiary/aromatic N) is 4. The van der Waals surface area contributed by atoms with Crippen LogP contribution in [-0.2, 0) is 12.8 Å². The summed E-state index contributed by atoms with van der Waals surface area (Å²) in [7, 11) is 0. The van der Waals surface area contributed by atoms with Crippen LogP contribution in [0.3, 0.4) is 0 Å². The van der Waals surface area contributed by atoms with E-state index in [0.29, 0.717) is 0 Å². The third-order valence-corrected chi connectivity index (χ3v) is 9.05. The predicted octanol–water partition coefficient (Wildman–Crippen LogP) is 11.0. The minimum absolute atomic E-state index is 0.780. The van der Waals surface area contributed by atoms with Gasteiger partial charge in [-0.1, -0.05) is 63.1 Å². The van der Waals surface area contributed by atoms with Crippen LogP contribution < -0.4 is 4.74 Å². The lowest BCUT2D eigenvalue weighted by atomic mass is 9.91. The number of benzene rings is 4. The number of para-hydroxylation sites is 1. The molecule has 0 aliphatic heterocycles. The number of aryl methyl sites for hydroxylation is 5. The Morgan fingerprint density at radius 2 is 1.40 bits per heavy atom. The van der Waals surface area contributed by atoms with Crippen molar-refractivity contribution in [1.82, 2.24) is 19.3 Å². The molecule has 3 aromatic heterocycles. The van der Waals surface area contributed by atoms with Crippen LogP contribution in [0.1, 0.15) is 60.3 Å². The lowest BCUT2D eigenvalue weighted by Crippen LogP contribution is -2.04. The number of hydrogen-bond donors (Lipinski definition) is 0. The first-order chi connectivity index (χ1) is 22.9. The van der Waals surface area contributed by atoms with Crippen molar-refractivity contribution in [1.29, 1.82) is 0 Å². The van der Waals surface area contributed by atoms with Crippen LogP contribution in [0.4, 0.5) is 0 Å². The van der Waals surface area contributed by atoms with Gasteiger partial charge in [-0.25, -0.2) is 9.67 Å². The van der Waals surface area contributed by atoms with Crippen LogP contribution in [0.15, 0.2) is 97.2 Å². The molecule has 0 spiro atoms. The summed E-state index contributed by atoms with van der Waals surface area (Å²) in [4.78, 5) is 4.74. The molecule has 47 heavy (non-hydrogen) atoms. The second-order valence-corrected chi connectivity index (χ2v) is 12.8. The van der Waals surface area contributed by atoms with Crippen molar-refractivity contribution in [2.75, 3.05) is 0 Å². The van der Waals surface area contributed by atoms with Gasteiger partial charge in [-0.15, -0.1) is 0 Å². The van der Waals surface area contributed by atoms with Gasteiger partial charge in [-0.3, -0.25) is 4.57 Å². The van der Waals surface area contributed by atoms with Crippen molar-refractivity contribution in [3.63, 3.8) is 0 Å². The molecule has 0 fully saturated rings. The fraction of sp³-hybridized carbons (Fsp3) is 0.238. The molecule has 0 aliphatic rings. The Balaban J connectivity index is 1.34. The largest absolute Gasteiger partial charge is 0.457 e. The van der Waals surface area contributed by atoms with Crippen LogP contribution in [0.25, 0.3) is 44.4 Å². The lowest BCUT2D eigenvalue weighted by molar-refractivity contribution is 0.482. The molecule has 236 valence electrons. The molecule has 5 heteroatoms. The molecule has 5 nitrogen and oxygen atoms in total. The smallest absolute Gasteiger partial charge is 0.137 e. The Morgan fingerprint density at radius 1 is 0.638 bits per heavy atom. The monoisotopic (exact) mass is 618 g/mol. The van der Waals surface area contributed by atoms with E-state index in [1.807, 2.05) is 12.3 Å². The summed E-state index contributed by atoms with van der Waals surface area (Å²) in [6.07, 6.45) is 5.83. The molecule has 0 atom stereocenters. The van der Waals surface area contributed by atoms with Crippen molar-refractivity contribution in [3.05, 3.63) is 131 Å². The standard InChI is InChI=1S/C42H42N4O/c1-7-12-36-42(41-29(5)14-11-15-30(41)6)38(13-8-2)46(44-36)31-22-28(4)23-33(25-31)47-32-18-19-35-34-16-9-10-17-37(34)45(39(35)26-32)40-24-27(3)20-21-43-40/h9-11,14-26H,7-8,12-13H2,1-6H3. The topological polar surface area (TPSA) is 44.9 Å². The Morgan fingerprint density at radius 3 is 2.17 bits per heavy atom. The van der Waals surface area contributed by atoms with Gasteiger partial charge in [0, 0.05) is 34.7 Å². The van der Waals surface area contributed by atoms with E-state index in [1.54, 1.807) is 0 Å². The van der Waals surface area contributed by atoms with Crippen LogP contribution in [0.2, 0.25) is 0 Å². The highest BCUT2D eigenvalue weighted by Gasteiger charge is 2.23. The van der Waals surface area contributed by atoms with Crippen LogP contribution in [0.5, 0.6) is 11.5 Å². The highest BCUT2D eigenvalue weighted by molar-refractivity contribution is 6.09. The van der Waals surface area contributed by atoms with Crippen molar-refractivity contribution in [2.45, 2.75) is 67.2 Å². The molecule has 4 aromatic carbocycles. The molecule has 7 rings (SSSR count). The minimum Gasteiger partial charge on any atom is -0.457 e. The van der Waals surface area contributed by atoms with E-state index in [1.165, 1.54) is 50.0 Å². The summed E-state index contributed by atoms with van der Waals surface area (Å²) < 4.78 is 11.1. The SMILES string of the molecule is CCCc1nn(-c2cc(C)cc(Oc3ccc4c5ccccc5n(-c5cc(C)ccn5)c4c3)c2)c(CCC)c1-c1c(C)cccc1C. The zero-order chi connectivity index (χ0) is 32.7. The maximum absolute atomic E-state index is 6.67. The van der Waals surface area contributed by atoms with Gasteiger partial charge < -0.3 is 4.74 Å². The molecule has 0 unspecified atom stereocenters. The Hall–Kier alpha value is -5.16. The van der Waals surface area contributed by atoms with E-state index < -0.39 is 0 Å². The Kier molecular flexibility index (Phi) is 8.15. The maximum atomic E-state index is 6.67. The normalized spacial score (nSPS) is 11.5. The second-order valence-electron chi connectivity index (χ2n) is 12.8. The number of ether oxygens (including phenoxy) is 1. The molecule has 0 N–H and O–H groups in total. The molecule has 0 saturated heterocycles. The van der Waals surface area contributed by atoms with Crippen LogP contribution in [0, 0.1) is 27.7 Å². The first-order valence-corrected chi connectivity index (χ1v) is 16.8. The second kappa shape index (κ2) is 12.6. The van der Waals surface area contributed by atoms with Gasteiger partial charge in [0.25, 0.3) is 0 Å². The van der Waals surface area contributed by atoms with E-state index >= 15 is 0 Å². The average molecular weight is 619 g/mol. The Labute approximate surface area is 277 Å². The Bertz CT molecular complexity index is 2230. The number of rotatable bonds is 9. The van der Waals surface area contributed by atoms with Crippen molar-refractivity contribution in [3.8, 4) is 34.1 Å². The van der Waals surface area contributed by atoms with Gasteiger partial charge >= 0.3 is 0 Å². The number of fused-ring (bicyclic) bond motifs is 3. The molecular formula is C42H42N4O. The van der Waals surface area contributed by atoms with Gasteiger partial charge in [-0.2, -0.15) is 5.10 Å². The summed E-state index contributed by atoms with van der Waals surface area (Å²) in [5, 5.41) is 7.67. The molecule has 0 saturated carbocycles. The molecule has 7 aromatic rings. The predicted molar refractivity (Wildman–Crippen MR) is 195 cm³/mol. The maximum Gasteiger partial charge on any atom is 0.137 e. The van der Waals surface area contributed by atoms with Crippen LogP contribution in [-0.4, -0.2) is 19.3 Å². The third kappa shape index (κ3) is 5.61.